The van der Waals surface area contributed by atoms with Crippen LogP contribution in [0.3, 0.4) is 0 Å². The normalized spacial score (nSPS) is 12.2. The molecule has 0 aliphatic carbocycles. The van der Waals surface area contributed by atoms with Crippen molar-refractivity contribution in [3.63, 3.8) is 0 Å². The molecule has 1 aromatic carbocycles. The lowest BCUT2D eigenvalue weighted by Crippen LogP contribution is -2.22. The maximum Gasteiger partial charge on any atom is 0.305 e. The van der Waals surface area contributed by atoms with Crippen LogP contribution in [0.2, 0.25) is 0 Å². The second-order valence-corrected chi connectivity index (χ2v) is 4.73. The maximum atomic E-state index is 11.2. The van der Waals surface area contributed by atoms with Gasteiger partial charge in [-0.1, -0.05) is 36.8 Å². The van der Waals surface area contributed by atoms with E-state index in [1.54, 1.807) is 0 Å². The van der Waals surface area contributed by atoms with Crippen molar-refractivity contribution in [3.05, 3.63) is 35.4 Å². The summed E-state index contributed by atoms with van der Waals surface area (Å²) in [5.41, 5.74) is 2.59. The van der Waals surface area contributed by atoms with Crippen molar-refractivity contribution in [2.75, 3.05) is 13.2 Å². The summed E-state index contributed by atoms with van der Waals surface area (Å²) in [7, 11) is 0. The third-order valence-corrected chi connectivity index (χ3v) is 3.14. The van der Waals surface area contributed by atoms with Crippen LogP contribution in [0.25, 0.3) is 0 Å². The smallest absolute Gasteiger partial charge is 0.305 e. The summed E-state index contributed by atoms with van der Waals surface area (Å²) >= 11 is 0. The van der Waals surface area contributed by atoms with Crippen molar-refractivity contribution in [2.24, 2.45) is 0 Å². The van der Waals surface area contributed by atoms with Crippen molar-refractivity contribution in [2.45, 2.75) is 46.1 Å². The molecule has 0 bridgehead atoms. The SMILES string of the molecule is CCOC(=O)CCCNC(CC)c1ccc(C)cc1. The average Bonchev–Trinajstić information content (AvgIpc) is 2.41. The summed E-state index contributed by atoms with van der Waals surface area (Å²) in [4.78, 5) is 11.2. The zero-order valence-corrected chi connectivity index (χ0v) is 12.2. The first kappa shape index (κ1) is 15.7. The third kappa shape index (κ3) is 5.88. The van der Waals surface area contributed by atoms with Gasteiger partial charge in [-0.05, 0) is 38.8 Å². The molecule has 3 heteroatoms. The molecule has 1 N–H and O–H groups in total. The monoisotopic (exact) mass is 263 g/mol. The number of esters is 1. The van der Waals surface area contributed by atoms with E-state index in [1.807, 2.05) is 6.92 Å². The van der Waals surface area contributed by atoms with E-state index in [9.17, 15) is 4.79 Å². The molecule has 1 unspecified atom stereocenters. The molecule has 1 aromatic rings. The fourth-order valence-electron chi connectivity index (χ4n) is 2.04. The lowest BCUT2D eigenvalue weighted by atomic mass is 10.0. The Morgan fingerprint density at radius 3 is 2.53 bits per heavy atom. The van der Waals surface area contributed by atoms with Crippen LogP contribution >= 0.6 is 0 Å². The minimum absolute atomic E-state index is 0.104. The van der Waals surface area contributed by atoms with Gasteiger partial charge in [0.1, 0.15) is 0 Å². The van der Waals surface area contributed by atoms with Gasteiger partial charge in [0, 0.05) is 12.5 Å². The summed E-state index contributed by atoms with van der Waals surface area (Å²) < 4.78 is 4.91. The lowest BCUT2D eigenvalue weighted by molar-refractivity contribution is -0.143. The van der Waals surface area contributed by atoms with Crippen molar-refractivity contribution < 1.29 is 9.53 Å². The van der Waals surface area contributed by atoms with E-state index in [0.717, 1.165) is 19.4 Å². The van der Waals surface area contributed by atoms with E-state index >= 15 is 0 Å². The Bertz CT molecular complexity index is 373. The van der Waals surface area contributed by atoms with E-state index in [0.29, 0.717) is 19.1 Å². The fourth-order valence-corrected chi connectivity index (χ4v) is 2.04. The predicted octanol–water partition coefficient (Wildman–Crippen LogP) is 3.38. The number of hydrogen-bond donors (Lipinski definition) is 1. The van der Waals surface area contributed by atoms with Crippen LogP contribution in [0.5, 0.6) is 0 Å². The largest absolute Gasteiger partial charge is 0.466 e. The van der Waals surface area contributed by atoms with Gasteiger partial charge in [0.25, 0.3) is 0 Å². The molecule has 1 rings (SSSR count). The number of hydrogen-bond acceptors (Lipinski definition) is 3. The molecule has 0 aliphatic heterocycles. The van der Waals surface area contributed by atoms with Crippen molar-refractivity contribution >= 4 is 5.97 Å². The number of benzene rings is 1. The minimum atomic E-state index is -0.104. The Hall–Kier alpha value is -1.35. The van der Waals surface area contributed by atoms with Gasteiger partial charge in [-0.15, -0.1) is 0 Å². The fraction of sp³-hybridized carbons (Fsp3) is 0.562. The van der Waals surface area contributed by atoms with E-state index < -0.39 is 0 Å². The third-order valence-electron chi connectivity index (χ3n) is 3.14. The van der Waals surface area contributed by atoms with Crippen LogP contribution in [0.15, 0.2) is 24.3 Å². The predicted molar refractivity (Wildman–Crippen MR) is 78.1 cm³/mol. The number of carbonyl (C=O) groups excluding carboxylic acids is 1. The molecular formula is C16H25NO2. The van der Waals surface area contributed by atoms with E-state index in [4.69, 9.17) is 4.74 Å². The van der Waals surface area contributed by atoms with Crippen LogP contribution < -0.4 is 5.32 Å². The molecular weight excluding hydrogens is 238 g/mol. The van der Waals surface area contributed by atoms with Crippen LogP contribution in [0.1, 0.15) is 50.3 Å². The Balaban J connectivity index is 2.33. The van der Waals surface area contributed by atoms with Crippen LogP contribution in [0.4, 0.5) is 0 Å². The van der Waals surface area contributed by atoms with Gasteiger partial charge < -0.3 is 10.1 Å². The maximum absolute atomic E-state index is 11.2. The van der Waals surface area contributed by atoms with E-state index in [2.05, 4.69) is 43.4 Å². The van der Waals surface area contributed by atoms with Gasteiger partial charge in [0.15, 0.2) is 0 Å². The highest BCUT2D eigenvalue weighted by Gasteiger charge is 2.08. The lowest BCUT2D eigenvalue weighted by Gasteiger charge is -2.17. The Labute approximate surface area is 116 Å². The number of nitrogens with one attached hydrogen (secondary N) is 1. The number of ether oxygens (including phenoxy) is 1. The first-order valence-corrected chi connectivity index (χ1v) is 7.13. The Morgan fingerprint density at radius 1 is 1.26 bits per heavy atom. The number of carbonyl (C=O) groups is 1. The standard InChI is InChI=1S/C16H25NO2/c1-4-15(14-10-8-13(3)9-11-14)17-12-6-7-16(18)19-5-2/h8-11,15,17H,4-7,12H2,1-3H3. The molecule has 0 saturated carbocycles. The Kier molecular flexibility index (Phi) is 7.19. The highest BCUT2D eigenvalue weighted by Crippen LogP contribution is 2.17. The topological polar surface area (TPSA) is 38.3 Å². The molecule has 106 valence electrons. The molecule has 0 amide bonds. The summed E-state index contributed by atoms with van der Waals surface area (Å²) in [6.07, 6.45) is 2.36. The zero-order valence-electron chi connectivity index (χ0n) is 12.2. The molecule has 0 radical (unpaired) electrons. The van der Waals surface area contributed by atoms with Crippen LogP contribution in [0, 0.1) is 6.92 Å². The summed E-state index contributed by atoms with van der Waals surface area (Å²) in [6, 6.07) is 8.98. The van der Waals surface area contributed by atoms with E-state index in [-0.39, 0.29) is 5.97 Å². The quantitative estimate of drug-likeness (QED) is 0.577. The van der Waals surface area contributed by atoms with Crippen molar-refractivity contribution in [3.8, 4) is 0 Å². The second kappa shape index (κ2) is 8.70. The molecule has 0 aromatic heterocycles. The second-order valence-electron chi connectivity index (χ2n) is 4.73. The van der Waals surface area contributed by atoms with Crippen molar-refractivity contribution in [1.29, 1.82) is 0 Å². The molecule has 0 spiro atoms. The van der Waals surface area contributed by atoms with Crippen LogP contribution in [-0.4, -0.2) is 19.1 Å². The van der Waals surface area contributed by atoms with E-state index in [1.165, 1.54) is 11.1 Å². The summed E-state index contributed by atoms with van der Waals surface area (Å²) in [6.45, 7) is 7.40. The zero-order chi connectivity index (χ0) is 14.1. The first-order valence-electron chi connectivity index (χ1n) is 7.13. The van der Waals surface area contributed by atoms with Gasteiger partial charge in [-0.2, -0.15) is 0 Å². The number of aryl methyl sites for hydroxylation is 1. The molecule has 3 nitrogen and oxygen atoms in total. The minimum Gasteiger partial charge on any atom is -0.466 e. The molecule has 0 saturated heterocycles. The van der Waals surface area contributed by atoms with Crippen LogP contribution in [-0.2, 0) is 9.53 Å². The van der Waals surface area contributed by atoms with Crippen molar-refractivity contribution in [1.82, 2.24) is 5.32 Å². The first-order chi connectivity index (χ1) is 9.17. The van der Waals surface area contributed by atoms with Gasteiger partial charge >= 0.3 is 5.97 Å². The summed E-state index contributed by atoms with van der Waals surface area (Å²) in [5.74, 6) is -0.104. The highest BCUT2D eigenvalue weighted by atomic mass is 16.5. The van der Waals surface area contributed by atoms with Gasteiger partial charge in [0.2, 0.25) is 0 Å². The molecule has 0 fully saturated rings. The van der Waals surface area contributed by atoms with Gasteiger partial charge in [0.05, 0.1) is 6.61 Å². The van der Waals surface area contributed by atoms with Gasteiger partial charge in [-0.3, -0.25) is 4.79 Å². The average molecular weight is 263 g/mol. The molecule has 1 atom stereocenters. The molecule has 19 heavy (non-hydrogen) atoms. The van der Waals surface area contributed by atoms with Gasteiger partial charge in [-0.25, -0.2) is 0 Å². The molecule has 0 heterocycles. The molecule has 0 aliphatic rings. The Morgan fingerprint density at radius 2 is 1.95 bits per heavy atom. The number of rotatable bonds is 8. The summed E-state index contributed by atoms with van der Waals surface area (Å²) in [5, 5.41) is 3.49. The highest BCUT2D eigenvalue weighted by molar-refractivity contribution is 5.69.